The molecule has 1 aliphatic rings. The van der Waals surface area contributed by atoms with Gasteiger partial charge in [-0.05, 0) is 25.0 Å². The summed E-state index contributed by atoms with van der Waals surface area (Å²) in [5, 5.41) is 2.94. The van der Waals surface area contributed by atoms with Gasteiger partial charge in [-0.25, -0.2) is 4.98 Å². The molecule has 1 atom stereocenters. The van der Waals surface area contributed by atoms with Crippen molar-refractivity contribution in [1.29, 1.82) is 0 Å². The van der Waals surface area contributed by atoms with Crippen LogP contribution in [0.1, 0.15) is 18.7 Å². The van der Waals surface area contributed by atoms with Gasteiger partial charge in [0, 0.05) is 20.3 Å². The van der Waals surface area contributed by atoms with Crippen LogP contribution < -0.4 is 5.32 Å². The first-order valence-corrected chi connectivity index (χ1v) is 7.59. The highest BCUT2D eigenvalue weighted by Gasteiger charge is 2.17. The summed E-state index contributed by atoms with van der Waals surface area (Å²) in [6.07, 6.45) is 2.25. The number of fused-ring (bicyclic) bond motifs is 1. The number of nitrogens with one attached hydrogen (secondary N) is 1. The van der Waals surface area contributed by atoms with Crippen LogP contribution in [-0.4, -0.2) is 41.8 Å². The fourth-order valence-corrected chi connectivity index (χ4v) is 2.77. The highest BCUT2D eigenvalue weighted by molar-refractivity contribution is 5.81. The van der Waals surface area contributed by atoms with Gasteiger partial charge in [0.2, 0.25) is 5.91 Å². The number of amides is 1. The summed E-state index contributed by atoms with van der Waals surface area (Å²) >= 11 is 0. The van der Waals surface area contributed by atoms with Gasteiger partial charge >= 0.3 is 0 Å². The first kappa shape index (κ1) is 15.0. The van der Waals surface area contributed by atoms with Gasteiger partial charge in [0.25, 0.3) is 0 Å². The number of hydrogen-bond donors (Lipinski definition) is 1. The van der Waals surface area contributed by atoms with E-state index in [2.05, 4.69) is 10.3 Å². The summed E-state index contributed by atoms with van der Waals surface area (Å²) in [5.41, 5.74) is 1.82. The molecule has 22 heavy (non-hydrogen) atoms. The summed E-state index contributed by atoms with van der Waals surface area (Å²) in [5.74, 6) is 0.729. The molecule has 1 fully saturated rings. The molecule has 1 amide bonds. The lowest BCUT2D eigenvalue weighted by atomic mass is 10.2. The van der Waals surface area contributed by atoms with Crippen molar-refractivity contribution in [2.45, 2.75) is 32.1 Å². The maximum atomic E-state index is 12.2. The van der Waals surface area contributed by atoms with E-state index >= 15 is 0 Å². The van der Waals surface area contributed by atoms with E-state index < -0.39 is 0 Å². The van der Waals surface area contributed by atoms with Crippen LogP contribution in [0.25, 0.3) is 11.0 Å². The highest BCUT2D eigenvalue weighted by Crippen LogP contribution is 2.16. The molecule has 0 saturated carbocycles. The van der Waals surface area contributed by atoms with Crippen LogP contribution in [0.2, 0.25) is 0 Å². The van der Waals surface area contributed by atoms with Gasteiger partial charge < -0.3 is 19.4 Å². The maximum Gasteiger partial charge on any atom is 0.240 e. The van der Waals surface area contributed by atoms with Crippen LogP contribution in [0.4, 0.5) is 0 Å². The first-order valence-electron chi connectivity index (χ1n) is 7.59. The Kier molecular flexibility index (Phi) is 4.70. The van der Waals surface area contributed by atoms with Crippen LogP contribution >= 0.6 is 0 Å². The topological polar surface area (TPSA) is 65.4 Å². The predicted molar refractivity (Wildman–Crippen MR) is 82.4 cm³/mol. The number of aromatic nitrogens is 2. The van der Waals surface area contributed by atoms with Gasteiger partial charge in [-0.15, -0.1) is 0 Å². The fraction of sp³-hybridized carbons (Fsp3) is 0.500. The van der Waals surface area contributed by atoms with Gasteiger partial charge in [0.15, 0.2) is 0 Å². The number of carbonyl (C=O) groups excluding carboxylic acids is 1. The Hall–Kier alpha value is -1.92. The molecule has 6 nitrogen and oxygen atoms in total. The van der Waals surface area contributed by atoms with Crippen LogP contribution in [0.5, 0.6) is 0 Å². The zero-order valence-electron chi connectivity index (χ0n) is 12.7. The largest absolute Gasteiger partial charge is 0.377 e. The quantitative estimate of drug-likeness (QED) is 0.878. The van der Waals surface area contributed by atoms with E-state index in [9.17, 15) is 4.79 Å². The zero-order chi connectivity index (χ0) is 15.4. The first-order chi connectivity index (χ1) is 10.8. The highest BCUT2D eigenvalue weighted by atomic mass is 16.5. The molecule has 0 spiro atoms. The minimum absolute atomic E-state index is 0.0315. The minimum Gasteiger partial charge on any atom is -0.377 e. The number of para-hydroxylation sites is 2. The van der Waals surface area contributed by atoms with E-state index in [1.165, 1.54) is 0 Å². The molecule has 1 saturated heterocycles. The van der Waals surface area contributed by atoms with Gasteiger partial charge in [-0.2, -0.15) is 0 Å². The number of benzene rings is 1. The predicted octanol–water partition coefficient (Wildman–Crippen LogP) is 1.48. The zero-order valence-corrected chi connectivity index (χ0v) is 12.7. The molecule has 118 valence electrons. The average molecular weight is 303 g/mol. The molecule has 0 aliphatic carbocycles. The van der Waals surface area contributed by atoms with Crippen LogP contribution in [0.3, 0.4) is 0 Å². The molecule has 2 aromatic rings. The van der Waals surface area contributed by atoms with Crippen molar-refractivity contribution in [3.63, 3.8) is 0 Å². The van der Waals surface area contributed by atoms with Crippen molar-refractivity contribution in [2.75, 3.05) is 20.3 Å². The van der Waals surface area contributed by atoms with Gasteiger partial charge in [0.1, 0.15) is 19.0 Å². The third kappa shape index (κ3) is 3.28. The number of methoxy groups -OCH3 is 1. The third-order valence-corrected chi connectivity index (χ3v) is 3.86. The summed E-state index contributed by atoms with van der Waals surface area (Å²) in [7, 11) is 1.63. The Morgan fingerprint density at radius 1 is 1.50 bits per heavy atom. The molecule has 0 radical (unpaired) electrons. The molecule has 1 aromatic heterocycles. The van der Waals surface area contributed by atoms with E-state index in [-0.39, 0.29) is 18.6 Å². The normalized spacial score (nSPS) is 18.0. The number of nitrogens with zero attached hydrogens (tertiary/aromatic N) is 2. The second-order valence-corrected chi connectivity index (χ2v) is 5.48. The molecular weight excluding hydrogens is 282 g/mol. The number of ether oxygens (including phenoxy) is 2. The van der Waals surface area contributed by atoms with Crippen LogP contribution in [0.15, 0.2) is 24.3 Å². The lowest BCUT2D eigenvalue weighted by Gasteiger charge is -2.12. The van der Waals surface area contributed by atoms with Crippen molar-refractivity contribution < 1.29 is 14.3 Å². The summed E-state index contributed by atoms with van der Waals surface area (Å²) in [4.78, 5) is 16.7. The Morgan fingerprint density at radius 2 is 2.36 bits per heavy atom. The second-order valence-electron chi connectivity index (χ2n) is 5.48. The standard InChI is InChI=1S/C16H21N3O3/c1-21-11-15-18-13-6-2-3-7-14(13)19(15)10-16(20)17-9-12-5-4-8-22-12/h2-3,6-7,12H,4-5,8-11H2,1H3,(H,17,20)/t12-/m1/s1. The Labute approximate surface area is 129 Å². The van der Waals surface area contributed by atoms with E-state index in [1.54, 1.807) is 7.11 Å². The number of carbonyl (C=O) groups is 1. The minimum atomic E-state index is -0.0315. The van der Waals surface area contributed by atoms with E-state index in [0.717, 1.165) is 36.3 Å². The summed E-state index contributed by atoms with van der Waals surface area (Å²) in [6, 6.07) is 7.79. The van der Waals surface area contributed by atoms with Crippen molar-refractivity contribution >= 4 is 16.9 Å². The molecule has 6 heteroatoms. The fourth-order valence-electron chi connectivity index (χ4n) is 2.77. The average Bonchev–Trinajstić information content (AvgIpc) is 3.15. The molecule has 2 heterocycles. The number of imidazole rings is 1. The lowest BCUT2D eigenvalue weighted by Crippen LogP contribution is -2.34. The van der Waals surface area contributed by atoms with Crippen molar-refractivity contribution in [1.82, 2.24) is 14.9 Å². The third-order valence-electron chi connectivity index (χ3n) is 3.86. The number of hydrogen-bond acceptors (Lipinski definition) is 4. The van der Waals surface area contributed by atoms with Crippen LogP contribution in [0, 0.1) is 0 Å². The molecule has 0 bridgehead atoms. The molecular formula is C16H21N3O3. The summed E-state index contributed by atoms with van der Waals surface area (Å²) < 4.78 is 12.6. The van der Waals surface area contributed by atoms with Gasteiger partial charge in [-0.3, -0.25) is 4.79 Å². The molecule has 0 unspecified atom stereocenters. The van der Waals surface area contributed by atoms with E-state index in [0.29, 0.717) is 13.2 Å². The van der Waals surface area contributed by atoms with Crippen molar-refractivity contribution in [2.24, 2.45) is 0 Å². The Morgan fingerprint density at radius 3 is 3.14 bits per heavy atom. The van der Waals surface area contributed by atoms with E-state index in [1.807, 2.05) is 28.8 Å². The molecule has 3 rings (SSSR count). The molecule has 1 aliphatic heterocycles. The molecule has 1 N–H and O–H groups in total. The van der Waals surface area contributed by atoms with Gasteiger partial charge in [-0.1, -0.05) is 12.1 Å². The SMILES string of the molecule is COCc1nc2ccccc2n1CC(=O)NC[C@H]1CCCO1. The summed E-state index contributed by atoms with van der Waals surface area (Å²) in [6.45, 7) is 2.00. The lowest BCUT2D eigenvalue weighted by molar-refractivity contribution is -0.122. The monoisotopic (exact) mass is 303 g/mol. The Bertz CT molecular complexity index is 647. The smallest absolute Gasteiger partial charge is 0.240 e. The van der Waals surface area contributed by atoms with Crippen LogP contribution in [-0.2, 0) is 27.4 Å². The second kappa shape index (κ2) is 6.89. The van der Waals surface area contributed by atoms with Crippen molar-refractivity contribution in [3.05, 3.63) is 30.1 Å². The Balaban J connectivity index is 1.71. The van der Waals surface area contributed by atoms with E-state index in [4.69, 9.17) is 9.47 Å². The molecule has 1 aromatic carbocycles. The number of rotatable bonds is 6. The van der Waals surface area contributed by atoms with Gasteiger partial charge in [0.05, 0.1) is 17.1 Å². The van der Waals surface area contributed by atoms with Crippen molar-refractivity contribution in [3.8, 4) is 0 Å². The maximum absolute atomic E-state index is 12.2.